The Bertz CT molecular complexity index is 614. The van der Waals surface area contributed by atoms with Crippen molar-refractivity contribution in [3.05, 3.63) is 53.5 Å². The third kappa shape index (κ3) is 3.32. The number of nitrogens with zero attached hydrogens (tertiary/aromatic N) is 2. The summed E-state index contributed by atoms with van der Waals surface area (Å²) >= 11 is 0. The molecule has 2 aromatic heterocycles. The molecule has 2 aromatic rings. The molecular weight excluding hydrogens is 254 g/mol. The van der Waals surface area contributed by atoms with Crippen molar-refractivity contribution in [3.63, 3.8) is 0 Å². The first-order valence-electron chi connectivity index (χ1n) is 6.34. The lowest BCUT2D eigenvalue weighted by Crippen LogP contribution is -2.27. The summed E-state index contributed by atoms with van der Waals surface area (Å²) < 4.78 is 5.01. The normalized spacial score (nSPS) is 11.8. The Hall–Kier alpha value is -2.43. The first-order valence-corrected chi connectivity index (χ1v) is 6.34. The molecule has 2 heterocycles. The van der Waals surface area contributed by atoms with Crippen LogP contribution in [0, 0.1) is 6.92 Å². The van der Waals surface area contributed by atoms with Crippen molar-refractivity contribution in [3.8, 4) is 5.88 Å². The van der Waals surface area contributed by atoms with Crippen molar-refractivity contribution in [1.29, 1.82) is 0 Å². The first kappa shape index (κ1) is 14.0. The van der Waals surface area contributed by atoms with Crippen molar-refractivity contribution >= 4 is 5.91 Å². The molecule has 0 aliphatic heterocycles. The molecule has 0 aromatic carbocycles. The number of aromatic nitrogens is 2. The van der Waals surface area contributed by atoms with Gasteiger partial charge in [0.1, 0.15) is 0 Å². The summed E-state index contributed by atoms with van der Waals surface area (Å²) in [6.07, 6.45) is 1.54. The number of amides is 1. The molecule has 0 radical (unpaired) electrons. The minimum absolute atomic E-state index is 0.165. The molecule has 1 amide bonds. The zero-order chi connectivity index (χ0) is 14.5. The standard InChI is InChI=1S/C15H17N3O2/c1-10-5-4-6-13(17-10)11(2)18-15(19)12-7-8-16-14(9-12)20-3/h4-9,11H,1-3H3,(H,18,19)/t11-/m0/s1. The Balaban J connectivity index is 2.10. The number of methoxy groups -OCH3 is 1. The number of hydrogen-bond donors (Lipinski definition) is 1. The SMILES string of the molecule is COc1cc(C(=O)N[C@@H](C)c2cccc(C)n2)ccn1. The summed E-state index contributed by atoms with van der Waals surface area (Å²) in [5.74, 6) is 0.237. The van der Waals surface area contributed by atoms with Crippen LogP contribution in [0.25, 0.3) is 0 Å². The largest absolute Gasteiger partial charge is 0.481 e. The van der Waals surface area contributed by atoms with E-state index >= 15 is 0 Å². The molecule has 0 fully saturated rings. The summed E-state index contributed by atoms with van der Waals surface area (Å²) in [6.45, 7) is 3.82. The van der Waals surface area contributed by atoms with E-state index in [0.717, 1.165) is 11.4 Å². The number of ether oxygens (including phenoxy) is 1. The van der Waals surface area contributed by atoms with Crippen LogP contribution in [-0.2, 0) is 0 Å². The molecule has 0 saturated carbocycles. The topological polar surface area (TPSA) is 64.1 Å². The van der Waals surface area contributed by atoms with Gasteiger partial charge in [0, 0.05) is 23.5 Å². The predicted molar refractivity (Wildman–Crippen MR) is 75.6 cm³/mol. The zero-order valence-electron chi connectivity index (χ0n) is 11.8. The van der Waals surface area contributed by atoms with Gasteiger partial charge >= 0.3 is 0 Å². The van der Waals surface area contributed by atoms with Gasteiger partial charge in [-0.3, -0.25) is 9.78 Å². The summed E-state index contributed by atoms with van der Waals surface area (Å²) in [4.78, 5) is 20.5. The van der Waals surface area contributed by atoms with Crippen molar-refractivity contribution in [1.82, 2.24) is 15.3 Å². The fraction of sp³-hybridized carbons (Fsp3) is 0.267. The average molecular weight is 271 g/mol. The molecule has 0 aliphatic rings. The lowest BCUT2D eigenvalue weighted by atomic mass is 10.1. The van der Waals surface area contributed by atoms with E-state index in [1.54, 1.807) is 18.3 Å². The highest BCUT2D eigenvalue weighted by atomic mass is 16.5. The number of hydrogen-bond acceptors (Lipinski definition) is 4. The van der Waals surface area contributed by atoms with Gasteiger partial charge in [-0.1, -0.05) is 6.07 Å². The van der Waals surface area contributed by atoms with E-state index < -0.39 is 0 Å². The molecule has 1 N–H and O–H groups in total. The van der Waals surface area contributed by atoms with E-state index in [9.17, 15) is 4.79 Å². The minimum atomic E-state index is -0.179. The van der Waals surface area contributed by atoms with E-state index in [-0.39, 0.29) is 11.9 Å². The van der Waals surface area contributed by atoms with E-state index in [0.29, 0.717) is 11.4 Å². The van der Waals surface area contributed by atoms with E-state index in [1.807, 2.05) is 32.0 Å². The number of nitrogens with one attached hydrogen (secondary N) is 1. The summed E-state index contributed by atoms with van der Waals surface area (Å²) in [6, 6.07) is 8.83. The molecule has 0 spiro atoms. The van der Waals surface area contributed by atoms with Gasteiger partial charge in [-0.15, -0.1) is 0 Å². The Kier molecular flexibility index (Phi) is 4.30. The first-order chi connectivity index (χ1) is 9.60. The van der Waals surface area contributed by atoms with E-state index in [4.69, 9.17) is 4.74 Å². The quantitative estimate of drug-likeness (QED) is 0.926. The number of aryl methyl sites for hydroxylation is 1. The molecule has 5 nitrogen and oxygen atoms in total. The molecule has 0 bridgehead atoms. The van der Waals surface area contributed by atoms with Gasteiger partial charge in [-0.2, -0.15) is 0 Å². The third-order valence-corrected chi connectivity index (χ3v) is 2.91. The highest BCUT2D eigenvalue weighted by Crippen LogP contribution is 2.13. The summed E-state index contributed by atoms with van der Waals surface area (Å²) in [7, 11) is 1.52. The molecule has 5 heteroatoms. The lowest BCUT2D eigenvalue weighted by molar-refractivity contribution is 0.0938. The van der Waals surface area contributed by atoms with E-state index in [1.165, 1.54) is 7.11 Å². The van der Waals surface area contributed by atoms with Crippen LogP contribution in [0.15, 0.2) is 36.5 Å². The van der Waals surface area contributed by atoms with Gasteiger partial charge in [0.15, 0.2) is 0 Å². The Morgan fingerprint density at radius 1 is 1.35 bits per heavy atom. The van der Waals surface area contributed by atoms with Crippen LogP contribution in [0.3, 0.4) is 0 Å². The maximum atomic E-state index is 12.2. The molecular formula is C15H17N3O2. The van der Waals surface area contributed by atoms with Crippen LogP contribution in [0.5, 0.6) is 5.88 Å². The maximum Gasteiger partial charge on any atom is 0.252 e. The van der Waals surface area contributed by atoms with Crippen LogP contribution in [0.2, 0.25) is 0 Å². The van der Waals surface area contributed by atoms with Crippen molar-refractivity contribution in [2.24, 2.45) is 0 Å². The number of carbonyl (C=O) groups is 1. The van der Waals surface area contributed by atoms with Crippen molar-refractivity contribution in [2.45, 2.75) is 19.9 Å². The van der Waals surface area contributed by atoms with E-state index in [2.05, 4.69) is 15.3 Å². The van der Waals surface area contributed by atoms with Gasteiger partial charge < -0.3 is 10.1 Å². The highest BCUT2D eigenvalue weighted by Gasteiger charge is 2.13. The van der Waals surface area contributed by atoms with Crippen LogP contribution in [0.1, 0.15) is 34.7 Å². The van der Waals surface area contributed by atoms with Crippen molar-refractivity contribution < 1.29 is 9.53 Å². The number of rotatable bonds is 4. The fourth-order valence-corrected chi connectivity index (χ4v) is 1.82. The zero-order valence-corrected chi connectivity index (χ0v) is 11.8. The van der Waals surface area contributed by atoms with Crippen LogP contribution in [-0.4, -0.2) is 23.0 Å². The molecule has 0 saturated heterocycles. The van der Waals surface area contributed by atoms with Gasteiger partial charge in [0.05, 0.1) is 18.8 Å². The second kappa shape index (κ2) is 6.14. The van der Waals surface area contributed by atoms with Crippen LogP contribution >= 0.6 is 0 Å². The van der Waals surface area contributed by atoms with Crippen molar-refractivity contribution in [2.75, 3.05) is 7.11 Å². The second-order valence-electron chi connectivity index (χ2n) is 4.49. The molecule has 0 aliphatic carbocycles. The Morgan fingerprint density at radius 3 is 2.85 bits per heavy atom. The summed E-state index contributed by atoms with van der Waals surface area (Å²) in [5, 5.41) is 2.91. The van der Waals surface area contributed by atoms with Gasteiger partial charge in [0.25, 0.3) is 5.91 Å². The summed E-state index contributed by atoms with van der Waals surface area (Å²) in [5.41, 5.74) is 2.27. The predicted octanol–water partition coefficient (Wildman–Crippen LogP) is 2.28. The minimum Gasteiger partial charge on any atom is -0.481 e. The molecule has 104 valence electrons. The molecule has 0 unspecified atom stereocenters. The molecule has 1 atom stereocenters. The van der Waals surface area contributed by atoms with Gasteiger partial charge in [-0.25, -0.2) is 4.98 Å². The average Bonchev–Trinajstić information content (AvgIpc) is 2.47. The van der Waals surface area contributed by atoms with Gasteiger partial charge in [0.2, 0.25) is 5.88 Å². The fourth-order valence-electron chi connectivity index (χ4n) is 1.82. The van der Waals surface area contributed by atoms with Crippen LogP contribution in [0.4, 0.5) is 0 Å². The number of pyridine rings is 2. The molecule has 20 heavy (non-hydrogen) atoms. The van der Waals surface area contributed by atoms with Gasteiger partial charge in [-0.05, 0) is 32.0 Å². The maximum absolute atomic E-state index is 12.2. The second-order valence-corrected chi connectivity index (χ2v) is 4.49. The highest BCUT2D eigenvalue weighted by molar-refractivity contribution is 5.94. The monoisotopic (exact) mass is 271 g/mol. The Labute approximate surface area is 118 Å². The lowest BCUT2D eigenvalue weighted by Gasteiger charge is -2.14. The Morgan fingerprint density at radius 2 is 2.15 bits per heavy atom. The smallest absolute Gasteiger partial charge is 0.252 e. The third-order valence-electron chi connectivity index (χ3n) is 2.91. The molecule has 2 rings (SSSR count). The number of carbonyl (C=O) groups excluding carboxylic acids is 1. The van der Waals surface area contributed by atoms with Crippen LogP contribution < -0.4 is 10.1 Å².